The summed E-state index contributed by atoms with van der Waals surface area (Å²) in [6.07, 6.45) is 2.62. The molecule has 1 amide bonds. The van der Waals surface area contributed by atoms with Crippen LogP contribution in [0.3, 0.4) is 0 Å². The van der Waals surface area contributed by atoms with Gasteiger partial charge in [-0.25, -0.2) is 4.79 Å². The monoisotopic (exact) mass is 319 g/mol. The van der Waals surface area contributed by atoms with Crippen molar-refractivity contribution in [1.82, 2.24) is 5.32 Å². The predicted octanol–water partition coefficient (Wildman–Crippen LogP) is 1.30. The van der Waals surface area contributed by atoms with Gasteiger partial charge in [-0.2, -0.15) is 5.10 Å². The maximum absolute atomic E-state index is 11.6. The molecule has 8 heteroatoms. The Bertz CT molecular complexity index is 682. The predicted molar refractivity (Wildman–Crippen MR) is 83.9 cm³/mol. The standard InChI is InChI=1S/C14H13N3O4S/c1-20-10-6-4-3-5-9(10)8-15-17-14-16-13(19)11(22-14)7-12(18)21-2/h3-8H,1-2H3,(H,16,17,19)/b11-7-,15-8+. The molecule has 1 heterocycles. The van der Waals surface area contributed by atoms with E-state index in [1.165, 1.54) is 13.3 Å². The smallest absolute Gasteiger partial charge is 0.331 e. The first-order valence-corrected chi connectivity index (χ1v) is 6.98. The number of ether oxygens (including phenoxy) is 2. The second-order valence-corrected chi connectivity index (χ2v) is 5.01. The van der Waals surface area contributed by atoms with Crippen LogP contribution in [0.5, 0.6) is 5.75 Å². The van der Waals surface area contributed by atoms with Crippen LogP contribution in [-0.4, -0.2) is 37.5 Å². The minimum Gasteiger partial charge on any atom is -0.496 e. The molecule has 1 aromatic carbocycles. The van der Waals surface area contributed by atoms with Crippen molar-refractivity contribution in [3.8, 4) is 5.75 Å². The van der Waals surface area contributed by atoms with Gasteiger partial charge in [0.15, 0.2) is 5.17 Å². The normalized spacial score (nSPS) is 18.0. The van der Waals surface area contributed by atoms with Crippen molar-refractivity contribution in [3.63, 3.8) is 0 Å². The number of thioether (sulfide) groups is 1. The molecule has 0 atom stereocenters. The quantitative estimate of drug-likeness (QED) is 0.391. The van der Waals surface area contributed by atoms with Crippen molar-refractivity contribution in [2.45, 2.75) is 0 Å². The number of nitrogens with zero attached hydrogens (tertiary/aromatic N) is 2. The van der Waals surface area contributed by atoms with Crippen LogP contribution in [0.25, 0.3) is 0 Å². The molecule has 22 heavy (non-hydrogen) atoms. The number of amides is 1. The number of para-hydroxylation sites is 1. The van der Waals surface area contributed by atoms with Crippen LogP contribution in [0, 0.1) is 0 Å². The number of carbonyl (C=O) groups is 2. The van der Waals surface area contributed by atoms with E-state index in [1.54, 1.807) is 13.2 Å². The highest BCUT2D eigenvalue weighted by Crippen LogP contribution is 2.23. The second-order valence-electron chi connectivity index (χ2n) is 3.98. The van der Waals surface area contributed by atoms with Gasteiger partial charge in [-0.1, -0.05) is 12.1 Å². The lowest BCUT2D eigenvalue weighted by Gasteiger charge is -2.01. The zero-order valence-corrected chi connectivity index (χ0v) is 12.7. The zero-order chi connectivity index (χ0) is 15.9. The maximum atomic E-state index is 11.6. The molecule has 1 aliphatic heterocycles. The highest BCUT2D eigenvalue weighted by molar-refractivity contribution is 8.18. The van der Waals surface area contributed by atoms with Gasteiger partial charge >= 0.3 is 5.97 Å². The highest BCUT2D eigenvalue weighted by Gasteiger charge is 2.24. The molecule has 0 spiro atoms. The molecule has 0 saturated carbocycles. The maximum Gasteiger partial charge on any atom is 0.331 e. The Balaban J connectivity index is 2.09. The summed E-state index contributed by atoms with van der Waals surface area (Å²) in [5, 5.41) is 10.6. The lowest BCUT2D eigenvalue weighted by molar-refractivity contribution is -0.135. The number of amidine groups is 1. The Morgan fingerprint density at radius 2 is 2.09 bits per heavy atom. The van der Waals surface area contributed by atoms with E-state index in [0.29, 0.717) is 5.75 Å². The molecule has 1 aliphatic rings. The van der Waals surface area contributed by atoms with Crippen LogP contribution in [-0.2, 0) is 14.3 Å². The number of rotatable bonds is 4. The van der Waals surface area contributed by atoms with Gasteiger partial charge in [0.2, 0.25) is 0 Å². The van der Waals surface area contributed by atoms with Crippen LogP contribution in [0.4, 0.5) is 0 Å². The summed E-state index contributed by atoms with van der Waals surface area (Å²) in [5.41, 5.74) is 0.758. The minimum absolute atomic E-state index is 0.207. The van der Waals surface area contributed by atoms with Crippen molar-refractivity contribution in [2.75, 3.05) is 14.2 Å². The van der Waals surface area contributed by atoms with Gasteiger partial charge in [-0.15, -0.1) is 5.10 Å². The van der Waals surface area contributed by atoms with Gasteiger partial charge in [0.1, 0.15) is 5.75 Å². The number of hydrogen-bond acceptors (Lipinski definition) is 7. The first-order valence-electron chi connectivity index (χ1n) is 6.17. The molecule has 1 aromatic rings. The van der Waals surface area contributed by atoms with E-state index in [4.69, 9.17) is 4.74 Å². The number of nitrogens with one attached hydrogen (secondary N) is 1. The van der Waals surface area contributed by atoms with Crippen LogP contribution < -0.4 is 10.1 Å². The van der Waals surface area contributed by atoms with E-state index in [0.717, 1.165) is 23.4 Å². The Morgan fingerprint density at radius 3 is 2.82 bits per heavy atom. The van der Waals surface area contributed by atoms with Crippen LogP contribution >= 0.6 is 11.8 Å². The zero-order valence-electron chi connectivity index (χ0n) is 11.9. The average molecular weight is 319 g/mol. The fourth-order valence-corrected chi connectivity index (χ4v) is 2.30. The number of esters is 1. The van der Waals surface area contributed by atoms with Crippen LogP contribution in [0.1, 0.15) is 5.56 Å². The largest absolute Gasteiger partial charge is 0.496 e. The topological polar surface area (TPSA) is 89.3 Å². The van der Waals surface area contributed by atoms with Gasteiger partial charge < -0.3 is 9.47 Å². The molecule has 0 aliphatic carbocycles. The SMILES string of the molecule is COC(=O)/C=C1\S/C(=N/N=C/c2ccccc2OC)NC1=O. The van der Waals surface area contributed by atoms with Crippen molar-refractivity contribution in [3.05, 3.63) is 40.8 Å². The summed E-state index contributed by atoms with van der Waals surface area (Å²) in [5.74, 6) is -0.348. The Labute approximate surface area is 131 Å². The second kappa shape index (κ2) is 7.41. The van der Waals surface area contributed by atoms with Crippen molar-refractivity contribution < 1.29 is 19.1 Å². The molecule has 1 N–H and O–H groups in total. The Morgan fingerprint density at radius 1 is 1.32 bits per heavy atom. The molecular weight excluding hydrogens is 306 g/mol. The van der Waals surface area contributed by atoms with Gasteiger partial charge in [0, 0.05) is 11.6 Å². The van der Waals surface area contributed by atoms with Crippen molar-refractivity contribution in [1.29, 1.82) is 0 Å². The van der Waals surface area contributed by atoms with Gasteiger partial charge in [0.25, 0.3) is 5.91 Å². The molecule has 114 valence electrons. The number of benzene rings is 1. The van der Waals surface area contributed by atoms with Crippen LogP contribution in [0.15, 0.2) is 45.4 Å². The summed E-state index contributed by atoms with van der Waals surface area (Å²) in [6.45, 7) is 0. The summed E-state index contributed by atoms with van der Waals surface area (Å²) in [7, 11) is 2.80. The van der Waals surface area contributed by atoms with E-state index >= 15 is 0 Å². The lowest BCUT2D eigenvalue weighted by Crippen LogP contribution is -2.19. The molecule has 1 saturated heterocycles. The van der Waals surface area contributed by atoms with E-state index in [9.17, 15) is 9.59 Å². The van der Waals surface area contributed by atoms with E-state index in [1.807, 2.05) is 18.2 Å². The lowest BCUT2D eigenvalue weighted by atomic mass is 10.2. The molecule has 0 unspecified atom stereocenters. The first-order chi connectivity index (χ1) is 10.6. The molecular formula is C14H13N3O4S. The Hall–Kier alpha value is -2.61. The van der Waals surface area contributed by atoms with E-state index in [2.05, 4.69) is 20.3 Å². The molecule has 1 fully saturated rings. The summed E-state index contributed by atoms with van der Waals surface area (Å²) < 4.78 is 9.65. The molecule has 0 aromatic heterocycles. The van der Waals surface area contributed by atoms with Gasteiger partial charge in [-0.3, -0.25) is 10.1 Å². The summed E-state index contributed by atoms with van der Waals surface area (Å²) in [6, 6.07) is 7.32. The minimum atomic E-state index is -0.601. The number of hydrogen-bond donors (Lipinski definition) is 1. The third-order valence-corrected chi connectivity index (χ3v) is 3.49. The first kappa shape index (κ1) is 15.8. The summed E-state index contributed by atoms with van der Waals surface area (Å²) >= 11 is 1.01. The fraction of sp³-hybridized carbons (Fsp3) is 0.143. The third kappa shape index (κ3) is 3.95. The van der Waals surface area contributed by atoms with Gasteiger partial charge in [-0.05, 0) is 23.9 Å². The molecule has 0 radical (unpaired) electrons. The molecule has 0 bridgehead atoms. The van der Waals surface area contributed by atoms with Gasteiger partial charge in [0.05, 0.1) is 25.3 Å². The Kier molecular flexibility index (Phi) is 5.31. The van der Waals surface area contributed by atoms with E-state index < -0.39 is 11.9 Å². The van der Waals surface area contributed by atoms with Crippen LogP contribution in [0.2, 0.25) is 0 Å². The molecule has 7 nitrogen and oxygen atoms in total. The molecule has 2 rings (SSSR count). The number of carbonyl (C=O) groups excluding carboxylic acids is 2. The van der Waals surface area contributed by atoms with Crippen molar-refractivity contribution in [2.24, 2.45) is 10.2 Å². The fourth-order valence-electron chi connectivity index (χ4n) is 1.56. The highest BCUT2D eigenvalue weighted by atomic mass is 32.2. The average Bonchev–Trinajstić information content (AvgIpc) is 2.87. The van der Waals surface area contributed by atoms with Crippen molar-refractivity contribution >= 4 is 35.0 Å². The summed E-state index contributed by atoms with van der Waals surface area (Å²) in [4.78, 5) is 22.9. The third-order valence-electron chi connectivity index (χ3n) is 2.59. The number of methoxy groups -OCH3 is 2. The van der Waals surface area contributed by atoms with E-state index in [-0.39, 0.29) is 10.1 Å².